The Hall–Kier alpha value is -1.33. The summed E-state index contributed by atoms with van der Waals surface area (Å²) in [7, 11) is 1.42. The van der Waals surface area contributed by atoms with Gasteiger partial charge in [0.05, 0.1) is 12.0 Å². The second-order valence-corrected chi connectivity index (χ2v) is 4.77. The third-order valence-corrected chi connectivity index (χ3v) is 2.88. The molecule has 1 rings (SSSR count). The van der Waals surface area contributed by atoms with Crippen LogP contribution in [0.15, 0.2) is 18.2 Å². The standard InChI is InChI=1S/C13H20N2O3.ClH/c1-9(2)4-6-11(14)10-5-7-13(18-3)12(8-10)15(16)17;/h5,7-9,11H,4,6,14H2,1-3H3;1H/t11-;/m0./s1. The first-order valence-electron chi connectivity index (χ1n) is 6.03. The van der Waals surface area contributed by atoms with Gasteiger partial charge in [0.2, 0.25) is 0 Å². The summed E-state index contributed by atoms with van der Waals surface area (Å²) in [6, 6.07) is 4.72. The minimum atomic E-state index is -0.447. The third kappa shape index (κ3) is 5.04. The van der Waals surface area contributed by atoms with Crippen LogP contribution < -0.4 is 10.5 Å². The molecule has 0 aromatic heterocycles. The van der Waals surface area contributed by atoms with E-state index in [0.29, 0.717) is 5.92 Å². The van der Waals surface area contributed by atoms with Crippen molar-refractivity contribution in [2.75, 3.05) is 7.11 Å². The molecule has 0 amide bonds. The number of methoxy groups -OCH3 is 1. The molecule has 108 valence electrons. The largest absolute Gasteiger partial charge is 0.490 e. The summed E-state index contributed by atoms with van der Waals surface area (Å²) in [6.07, 6.45) is 1.82. The van der Waals surface area contributed by atoms with E-state index in [2.05, 4.69) is 13.8 Å². The van der Waals surface area contributed by atoms with Crippen LogP contribution in [0.3, 0.4) is 0 Å². The molecule has 1 aromatic rings. The van der Waals surface area contributed by atoms with Crippen LogP contribution >= 0.6 is 12.4 Å². The van der Waals surface area contributed by atoms with Gasteiger partial charge < -0.3 is 10.5 Å². The van der Waals surface area contributed by atoms with E-state index in [1.807, 2.05) is 0 Å². The first-order valence-corrected chi connectivity index (χ1v) is 6.03. The minimum absolute atomic E-state index is 0. The maximum absolute atomic E-state index is 10.9. The van der Waals surface area contributed by atoms with Crippen LogP contribution in [0, 0.1) is 16.0 Å². The van der Waals surface area contributed by atoms with Crippen molar-refractivity contribution in [3.63, 3.8) is 0 Å². The number of nitro groups is 1. The lowest BCUT2D eigenvalue weighted by molar-refractivity contribution is -0.385. The predicted molar refractivity (Wildman–Crippen MR) is 77.9 cm³/mol. The zero-order chi connectivity index (χ0) is 13.7. The van der Waals surface area contributed by atoms with E-state index in [9.17, 15) is 10.1 Å². The number of hydrogen-bond donors (Lipinski definition) is 1. The summed E-state index contributed by atoms with van der Waals surface area (Å²) in [5, 5.41) is 10.9. The quantitative estimate of drug-likeness (QED) is 0.642. The van der Waals surface area contributed by atoms with Crippen LogP contribution in [0.1, 0.15) is 38.3 Å². The number of hydrogen-bond acceptors (Lipinski definition) is 4. The van der Waals surface area contributed by atoms with Crippen LogP contribution in [0.25, 0.3) is 0 Å². The molecule has 5 nitrogen and oxygen atoms in total. The number of nitrogens with zero attached hydrogens (tertiary/aromatic N) is 1. The number of ether oxygens (including phenoxy) is 1. The summed E-state index contributed by atoms with van der Waals surface area (Å²) in [5.41, 5.74) is 6.79. The molecule has 1 aromatic carbocycles. The van der Waals surface area contributed by atoms with Crippen molar-refractivity contribution < 1.29 is 9.66 Å². The van der Waals surface area contributed by atoms with Gasteiger partial charge in [0, 0.05) is 12.1 Å². The van der Waals surface area contributed by atoms with E-state index in [0.717, 1.165) is 18.4 Å². The zero-order valence-corrected chi connectivity index (χ0v) is 12.3. The van der Waals surface area contributed by atoms with E-state index in [1.165, 1.54) is 13.2 Å². The fourth-order valence-corrected chi connectivity index (χ4v) is 1.76. The van der Waals surface area contributed by atoms with Crippen LogP contribution in [0.2, 0.25) is 0 Å². The number of rotatable bonds is 6. The van der Waals surface area contributed by atoms with Crippen LogP contribution in [-0.2, 0) is 0 Å². The van der Waals surface area contributed by atoms with Gasteiger partial charge in [-0.05, 0) is 30.4 Å². The Kier molecular flexibility index (Phi) is 7.41. The van der Waals surface area contributed by atoms with Gasteiger partial charge in [-0.15, -0.1) is 12.4 Å². The second kappa shape index (κ2) is 7.96. The van der Waals surface area contributed by atoms with Crippen molar-refractivity contribution in [1.29, 1.82) is 0 Å². The third-order valence-electron chi connectivity index (χ3n) is 2.88. The Morgan fingerprint density at radius 1 is 1.37 bits per heavy atom. The van der Waals surface area contributed by atoms with Crippen LogP contribution in [0.5, 0.6) is 5.75 Å². The zero-order valence-electron chi connectivity index (χ0n) is 11.5. The summed E-state index contributed by atoms with van der Waals surface area (Å²) in [5.74, 6) is 0.837. The predicted octanol–water partition coefficient (Wildman–Crippen LogP) is 3.46. The molecule has 0 saturated carbocycles. The van der Waals surface area contributed by atoms with Crippen LogP contribution in [-0.4, -0.2) is 12.0 Å². The average molecular weight is 289 g/mol. The molecule has 2 N–H and O–H groups in total. The Bertz CT molecular complexity index is 424. The van der Waals surface area contributed by atoms with Crippen molar-refractivity contribution in [2.24, 2.45) is 11.7 Å². The number of benzene rings is 1. The van der Waals surface area contributed by atoms with Gasteiger partial charge in [-0.2, -0.15) is 0 Å². The van der Waals surface area contributed by atoms with E-state index < -0.39 is 4.92 Å². The average Bonchev–Trinajstić information content (AvgIpc) is 2.34. The maximum Gasteiger partial charge on any atom is 0.311 e. The molecule has 0 bridgehead atoms. The monoisotopic (exact) mass is 288 g/mol. The van der Waals surface area contributed by atoms with Gasteiger partial charge in [0.1, 0.15) is 0 Å². The Morgan fingerprint density at radius 3 is 2.47 bits per heavy atom. The van der Waals surface area contributed by atoms with Gasteiger partial charge in [0.25, 0.3) is 0 Å². The summed E-state index contributed by atoms with van der Waals surface area (Å²) in [6.45, 7) is 4.26. The number of nitrogens with two attached hydrogens (primary N) is 1. The molecule has 6 heteroatoms. The molecular formula is C13H21ClN2O3. The van der Waals surface area contributed by atoms with Crippen molar-refractivity contribution in [1.82, 2.24) is 0 Å². The maximum atomic E-state index is 10.9. The first kappa shape index (κ1) is 17.7. The van der Waals surface area contributed by atoms with E-state index >= 15 is 0 Å². The lowest BCUT2D eigenvalue weighted by Crippen LogP contribution is -2.11. The SMILES string of the molecule is COc1ccc([C@@H](N)CCC(C)C)cc1[N+](=O)[O-].Cl. The normalized spacial score (nSPS) is 11.8. The highest BCUT2D eigenvalue weighted by Crippen LogP contribution is 2.30. The Labute approximate surface area is 119 Å². The van der Waals surface area contributed by atoms with Crippen molar-refractivity contribution in [3.05, 3.63) is 33.9 Å². The van der Waals surface area contributed by atoms with E-state index in [4.69, 9.17) is 10.5 Å². The highest BCUT2D eigenvalue weighted by Gasteiger charge is 2.17. The molecule has 0 saturated heterocycles. The van der Waals surface area contributed by atoms with Gasteiger partial charge in [0.15, 0.2) is 5.75 Å². The van der Waals surface area contributed by atoms with Crippen LogP contribution in [0.4, 0.5) is 5.69 Å². The first-order chi connectivity index (χ1) is 8.45. The smallest absolute Gasteiger partial charge is 0.311 e. The van der Waals surface area contributed by atoms with Crippen molar-refractivity contribution >= 4 is 18.1 Å². The molecule has 0 unspecified atom stereocenters. The molecule has 0 aliphatic carbocycles. The van der Waals surface area contributed by atoms with E-state index in [-0.39, 0.29) is 29.9 Å². The van der Waals surface area contributed by atoms with Gasteiger partial charge in [-0.3, -0.25) is 10.1 Å². The topological polar surface area (TPSA) is 78.4 Å². The second-order valence-electron chi connectivity index (χ2n) is 4.77. The molecule has 0 spiro atoms. The highest BCUT2D eigenvalue weighted by molar-refractivity contribution is 5.85. The lowest BCUT2D eigenvalue weighted by atomic mass is 9.98. The summed E-state index contributed by atoms with van der Waals surface area (Å²) in [4.78, 5) is 10.5. The Morgan fingerprint density at radius 2 is 2.00 bits per heavy atom. The molecule has 0 aliphatic heterocycles. The minimum Gasteiger partial charge on any atom is -0.490 e. The van der Waals surface area contributed by atoms with Gasteiger partial charge >= 0.3 is 5.69 Å². The number of halogens is 1. The molecule has 0 fully saturated rings. The molecule has 0 aliphatic rings. The fraction of sp³-hybridized carbons (Fsp3) is 0.538. The molecule has 0 heterocycles. The van der Waals surface area contributed by atoms with Crippen molar-refractivity contribution in [2.45, 2.75) is 32.7 Å². The molecule has 0 radical (unpaired) electrons. The lowest BCUT2D eigenvalue weighted by Gasteiger charge is -2.14. The Balaban J connectivity index is 0.00000324. The van der Waals surface area contributed by atoms with Crippen molar-refractivity contribution in [3.8, 4) is 5.75 Å². The van der Waals surface area contributed by atoms with Gasteiger partial charge in [-0.1, -0.05) is 19.9 Å². The summed E-state index contributed by atoms with van der Waals surface area (Å²) < 4.78 is 4.96. The molecular weight excluding hydrogens is 268 g/mol. The number of nitro benzene ring substituents is 1. The van der Waals surface area contributed by atoms with E-state index in [1.54, 1.807) is 12.1 Å². The summed E-state index contributed by atoms with van der Waals surface area (Å²) >= 11 is 0. The molecule has 1 atom stereocenters. The van der Waals surface area contributed by atoms with Gasteiger partial charge in [-0.25, -0.2) is 0 Å². The fourth-order valence-electron chi connectivity index (χ4n) is 1.76. The highest BCUT2D eigenvalue weighted by atomic mass is 35.5. The molecule has 19 heavy (non-hydrogen) atoms.